The topological polar surface area (TPSA) is 63.5 Å². The second-order valence-electron chi connectivity index (χ2n) is 6.12. The van der Waals surface area contributed by atoms with Gasteiger partial charge in [0.05, 0.1) is 17.3 Å². The first-order valence-electron chi connectivity index (χ1n) is 8.46. The van der Waals surface area contributed by atoms with Gasteiger partial charge in [0.2, 0.25) is 0 Å². The number of hydrogen-bond acceptors (Lipinski definition) is 6. The summed E-state index contributed by atoms with van der Waals surface area (Å²) < 4.78 is 7.99. The normalized spacial score (nSPS) is 11.3. The Hall–Kier alpha value is -2.45. The fourth-order valence-electron chi connectivity index (χ4n) is 2.62. The Labute approximate surface area is 156 Å². The van der Waals surface area contributed by atoms with Crippen LogP contribution in [0.4, 0.5) is 5.13 Å². The number of carbonyl (C=O) groups is 1. The molecular weight excluding hydrogens is 350 g/mol. The largest absolute Gasteiger partial charge is 0.497 e. The van der Waals surface area contributed by atoms with Crippen molar-refractivity contribution >= 4 is 32.6 Å². The van der Waals surface area contributed by atoms with Crippen molar-refractivity contribution in [3.63, 3.8) is 0 Å². The van der Waals surface area contributed by atoms with E-state index in [1.807, 2.05) is 44.1 Å². The molecule has 26 heavy (non-hydrogen) atoms. The summed E-state index contributed by atoms with van der Waals surface area (Å²) in [5, 5.41) is 4.90. The number of carbonyl (C=O) groups excluding carboxylic acids is 1. The van der Waals surface area contributed by atoms with Crippen LogP contribution in [0.1, 0.15) is 17.4 Å². The number of rotatable bonds is 7. The third kappa shape index (κ3) is 3.71. The zero-order valence-corrected chi connectivity index (χ0v) is 16.3. The molecule has 7 nitrogen and oxygen atoms in total. The van der Waals surface area contributed by atoms with E-state index in [4.69, 9.17) is 4.74 Å². The van der Waals surface area contributed by atoms with Gasteiger partial charge in [0.25, 0.3) is 5.91 Å². The van der Waals surface area contributed by atoms with E-state index in [1.165, 1.54) is 11.3 Å². The maximum absolute atomic E-state index is 13.2. The fourth-order valence-corrected chi connectivity index (χ4v) is 3.64. The maximum atomic E-state index is 13.2. The van der Waals surface area contributed by atoms with Gasteiger partial charge in [-0.15, -0.1) is 0 Å². The van der Waals surface area contributed by atoms with Crippen molar-refractivity contribution in [3.8, 4) is 5.75 Å². The minimum absolute atomic E-state index is 0.0859. The van der Waals surface area contributed by atoms with Crippen molar-refractivity contribution < 1.29 is 9.53 Å². The molecule has 0 bridgehead atoms. The number of thiazole rings is 1. The van der Waals surface area contributed by atoms with Crippen LogP contribution in [0.15, 0.2) is 30.5 Å². The van der Waals surface area contributed by atoms with Gasteiger partial charge >= 0.3 is 0 Å². The first-order valence-corrected chi connectivity index (χ1v) is 9.28. The van der Waals surface area contributed by atoms with E-state index in [9.17, 15) is 4.79 Å². The van der Waals surface area contributed by atoms with Crippen LogP contribution >= 0.6 is 11.3 Å². The monoisotopic (exact) mass is 373 g/mol. The van der Waals surface area contributed by atoms with Gasteiger partial charge in [0.1, 0.15) is 11.4 Å². The summed E-state index contributed by atoms with van der Waals surface area (Å²) >= 11 is 1.49. The van der Waals surface area contributed by atoms with Crippen molar-refractivity contribution in [3.05, 3.63) is 36.2 Å². The number of benzene rings is 1. The summed E-state index contributed by atoms with van der Waals surface area (Å²) in [6, 6.07) is 7.50. The summed E-state index contributed by atoms with van der Waals surface area (Å²) in [4.78, 5) is 21.6. The van der Waals surface area contributed by atoms with Gasteiger partial charge in [-0.3, -0.25) is 14.4 Å². The first-order chi connectivity index (χ1) is 12.5. The number of aryl methyl sites for hydroxylation is 1. The molecule has 1 aromatic carbocycles. The minimum Gasteiger partial charge on any atom is -0.497 e. The van der Waals surface area contributed by atoms with Crippen molar-refractivity contribution in [1.82, 2.24) is 19.7 Å². The number of nitrogens with zero attached hydrogens (tertiary/aromatic N) is 5. The van der Waals surface area contributed by atoms with Crippen molar-refractivity contribution in [1.29, 1.82) is 0 Å². The van der Waals surface area contributed by atoms with Crippen molar-refractivity contribution in [2.75, 3.05) is 39.2 Å². The van der Waals surface area contributed by atoms with Gasteiger partial charge in [-0.05, 0) is 45.3 Å². The third-order valence-electron chi connectivity index (χ3n) is 4.07. The molecule has 3 aromatic rings. The number of fused-ring (bicyclic) bond motifs is 1. The average molecular weight is 373 g/mol. The van der Waals surface area contributed by atoms with Crippen molar-refractivity contribution in [2.45, 2.75) is 13.5 Å². The number of amides is 1. The lowest BCUT2D eigenvalue weighted by Gasteiger charge is -2.22. The molecule has 0 aliphatic heterocycles. The number of methoxy groups -OCH3 is 1. The molecule has 2 heterocycles. The van der Waals surface area contributed by atoms with Crippen LogP contribution in [0.3, 0.4) is 0 Å². The number of anilines is 1. The summed E-state index contributed by atoms with van der Waals surface area (Å²) in [7, 11) is 5.62. The van der Waals surface area contributed by atoms with Crippen LogP contribution in [0.2, 0.25) is 0 Å². The number of hydrogen-bond donors (Lipinski definition) is 0. The highest BCUT2D eigenvalue weighted by molar-refractivity contribution is 7.22. The molecule has 3 rings (SSSR count). The first kappa shape index (κ1) is 18.3. The van der Waals surface area contributed by atoms with Gasteiger partial charge < -0.3 is 9.64 Å². The molecule has 8 heteroatoms. The van der Waals surface area contributed by atoms with Gasteiger partial charge in [-0.2, -0.15) is 5.10 Å². The second kappa shape index (κ2) is 7.84. The molecular formula is C18H23N5O2S. The van der Waals surface area contributed by atoms with Crippen LogP contribution in [0.25, 0.3) is 10.2 Å². The predicted molar refractivity (Wildman–Crippen MR) is 104 cm³/mol. The van der Waals surface area contributed by atoms with Crippen LogP contribution in [0.5, 0.6) is 5.75 Å². The molecule has 0 fully saturated rings. The quantitative estimate of drug-likeness (QED) is 0.637. The molecule has 2 aromatic heterocycles. The van der Waals surface area contributed by atoms with E-state index in [0.29, 0.717) is 23.9 Å². The fraction of sp³-hybridized carbons (Fsp3) is 0.389. The van der Waals surface area contributed by atoms with E-state index in [1.54, 1.807) is 29.0 Å². The van der Waals surface area contributed by atoms with Crippen LogP contribution in [-0.2, 0) is 6.54 Å². The Morgan fingerprint density at radius 2 is 2.08 bits per heavy atom. The van der Waals surface area contributed by atoms with E-state index < -0.39 is 0 Å². The molecule has 0 atom stereocenters. The molecule has 0 radical (unpaired) electrons. The Bertz CT molecular complexity index is 902. The zero-order chi connectivity index (χ0) is 18.7. The molecule has 1 amide bonds. The number of aromatic nitrogens is 3. The lowest BCUT2D eigenvalue weighted by Crippen LogP contribution is -2.37. The highest BCUT2D eigenvalue weighted by Crippen LogP contribution is 2.32. The summed E-state index contributed by atoms with van der Waals surface area (Å²) in [5.41, 5.74) is 1.43. The lowest BCUT2D eigenvalue weighted by molar-refractivity contribution is 0.0975. The Morgan fingerprint density at radius 3 is 2.77 bits per heavy atom. The molecule has 138 valence electrons. The third-order valence-corrected chi connectivity index (χ3v) is 5.11. The minimum atomic E-state index is -0.0859. The highest BCUT2D eigenvalue weighted by Gasteiger charge is 2.24. The van der Waals surface area contributed by atoms with E-state index >= 15 is 0 Å². The van der Waals surface area contributed by atoms with Gasteiger partial charge in [0, 0.05) is 25.8 Å². The zero-order valence-electron chi connectivity index (χ0n) is 15.5. The maximum Gasteiger partial charge on any atom is 0.278 e. The molecule has 0 saturated carbocycles. The average Bonchev–Trinajstić information content (AvgIpc) is 3.27. The van der Waals surface area contributed by atoms with Gasteiger partial charge in [-0.25, -0.2) is 4.98 Å². The van der Waals surface area contributed by atoms with Crippen molar-refractivity contribution in [2.24, 2.45) is 0 Å². The van der Waals surface area contributed by atoms with E-state index in [0.717, 1.165) is 22.5 Å². The molecule has 0 N–H and O–H groups in total. The summed E-state index contributed by atoms with van der Waals surface area (Å²) in [5.74, 6) is 0.695. The number of ether oxygens (including phenoxy) is 1. The molecule has 0 saturated heterocycles. The SMILES string of the molecule is CCn1nccc1C(=O)N(CCN(C)C)c1nc2ccc(OC)cc2s1. The van der Waals surface area contributed by atoms with Crippen LogP contribution in [-0.4, -0.2) is 59.9 Å². The van der Waals surface area contributed by atoms with Gasteiger partial charge in [0.15, 0.2) is 5.13 Å². The van der Waals surface area contributed by atoms with E-state index in [2.05, 4.69) is 10.1 Å². The summed E-state index contributed by atoms with van der Waals surface area (Å²) in [6.45, 7) is 3.91. The Balaban J connectivity index is 1.99. The lowest BCUT2D eigenvalue weighted by atomic mass is 10.3. The molecule has 0 aliphatic rings. The number of likely N-dealkylation sites (N-methyl/N-ethyl adjacent to an activating group) is 1. The summed E-state index contributed by atoms with van der Waals surface area (Å²) in [6.07, 6.45) is 1.66. The molecule has 0 aliphatic carbocycles. The van der Waals surface area contributed by atoms with E-state index in [-0.39, 0.29) is 5.91 Å². The van der Waals surface area contributed by atoms with Gasteiger partial charge in [-0.1, -0.05) is 11.3 Å². The highest BCUT2D eigenvalue weighted by atomic mass is 32.1. The standard InChI is InChI=1S/C18H23N5O2S/c1-5-23-15(8-9-19-23)17(24)22(11-10-21(2)3)18-20-14-7-6-13(25-4)12-16(14)26-18/h6-9,12H,5,10-11H2,1-4H3. The second-order valence-corrected chi connectivity index (χ2v) is 7.13. The molecule has 0 spiro atoms. The van der Waals surface area contributed by atoms with Crippen LogP contribution in [0, 0.1) is 0 Å². The smallest absolute Gasteiger partial charge is 0.278 e. The predicted octanol–water partition coefficient (Wildman–Crippen LogP) is 2.73. The van der Waals surface area contributed by atoms with Crippen LogP contribution < -0.4 is 9.64 Å². The Kier molecular flexibility index (Phi) is 5.53. The molecule has 0 unspecified atom stereocenters. The Morgan fingerprint density at radius 1 is 1.27 bits per heavy atom.